The van der Waals surface area contributed by atoms with Crippen molar-refractivity contribution in [2.75, 3.05) is 6.61 Å². The lowest BCUT2D eigenvalue weighted by Crippen LogP contribution is -2.36. The normalized spacial score (nSPS) is 27.7. The molecule has 3 heterocycles. The molecule has 4 N–H and O–H groups in total. The topological polar surface area (TPSA) is 138 Å². The first kappa shape index (κ1) is 15.7. The van der Waals surface area contributed by atoms with Crippen LogP contribution >= 0.6 is 0 Å². The molecule has 1 aliphatic rings. The highest BCUT2D eigenvalue weighted by atomic mass is 19.1. The zero-order valence-corrected chi connectivity index (χ0v) is 11.9. The molecule has 0 aliphatic carbocycles. The minimum Gasteiger partial charge on any atom is -0.394 e. The molecular formula is C13H14FN3O6. The van der Waals surface area contributed by atoms with E-state index in [1.165, 1.54) is 6.92 Å². The number of aromatic amines is 1. The fourth-order valence-corrected chi connectivity index (χ4v) is 2.52. The van der Waals surface area contributed by atoms with Crippen LogP contribution in [0.4, 0.5) is 4.39 Å². The Morgan fingerprint density at radius 3 is 2.70 bits per heavy atom. The molecule has 4 atom stereocenters. The molecule has 3 rings (SSSR count). The van der Waals surface area contributed by atoms with Gasteiger partial charge in [-0.25, -0.2) is 4.79 Å². The van der Waals surface area contributed by atoms with Crippen LogP contribution in [0.15, 0.2) is 15.8 Å². The molecule has 0 amide bonds. The van der Waals surface area contributed by atoms with Crippen LogP contribution in [-0.4, -0.2) is 54.8 Å². The van der Waals surface area contributed by atoms with Gasteiger partial charge in [0.15, 0.2) is 23.3 Å². The van der Waals surface area contributed by atoms with Crippen LogP contribution in [0.2, 0.25) is 0 Å². The molecule has 1 fully saturated rings. The number of aliphatic hydroxyl groups excluding tert-OH is 3. The maximum absolute atomic E-state index is 13.5. The number of rotatable bonds is 2. The van der Waals surface area contributed by atoms with Gasteiger partial charge in [0.25, 0.3) is 0 Å². The summed E-state index contributed by atoms with van der Waals surface area (Å²) < 4.78 is 19.6. The second-order valence-electron chi connectivity index (χ2n) is 5.31. The van der Waals surface area contributed by atoms with Crippen molar-refractivity contribution in [2.24, 2.45) is 0 Å². The largest absolute Gasteiger partial charge is 0.394 e. The molecule has 0 aromatic carbocycles. The maximum Gasteiger partial charge on any atom is 0.351 e. The van der Waals surface area contributed by atoms with Gasteiger partial charge in [-0.05, 0) is 6.92 Å². The van der Waals surface area contributed by atoms with Crippen molar-refractivity contribution in [3.63, 3.8) is 0 Å². The molecular weight excluding hydrogens is 313 g/mol. The Morgan fingerprint density at radius 2 is 2.09 bits per heavy atom. The Morgan fingerprint density at radius 1 is 1.39 bits per heavy atom. The second-order valence-corrected chi connectivity index (χ2v) is 5.31. The van der Waals surface area contributed by atoms with Gasteiger partial charge in [-0.1, -0.05) is 0 Å². The number of hydrogen-bond donors (Lipinski definition) is 4. The third-order valence-electron chi connectivity index (χ3n) is 3.89. The summed E-state index contributed by atoms with van der Waals surface area (Å²) in [4.78, 5) is 29.9. The summed E-state index contributed by atoms with van der Waals surface area (Å²) in [6.45, 7) is 0.713. The third-order valence-corrected chi connectivity index (χ3v) is 3.89. The molecule has 2 unspecified atom stereocenters. The minimum absolute atomic E-state index is 0.0683. The van der Waals surface area contributed by atoms with Crippen molar-refractivity contribution in [3.8, 4) is 0 Å². The Kier molecular flexibility index (Phi) is 3.76. The van der Waals surface area contributed by atoms with Gasteiger partial charge < -0.3 is 25.0 Å². The van der Waals surface area contributed by atoms with Crippen LogP contribution in [0.25, 0.3) is 11.0 Å². The number of nitrogens with one attached hydrogen (secondary N) is 1. The number of aromatic nitrogens is 3. The monoisotopic (exact) mass is 327 g/mol. The standard InChI is InChI=1S/C13H14FN3O6/c1-4-7(19)5-2-17(13(22)16-11(5)15-10(4)14)12-9(21)8(20)6(3-18)23-12/h2,6,8-9,12,18,20-21H,3H2,1H3,(H,15,16,22)/t6-,8?,9?,12-/m1/s1. The smallest absolute Gasteiger partial charge is 0.351 e. The zero-order chi connectivity index (χ0) is 16.9. The van der Waals surface area contributed by atoms with E-state index in [2.05, 4.69) is 9.97 Å². The van der Waals surface area contributed by atoms with Crippen molar-refractivity contribution in [2.45, 2.75) is 31.5 Å². The van der Waals surface area contributed by atoms with Gasteiger partial charge in [-0.2, -0.15) is 9.37 Å². The zero-order valence-electron chi connectivity index (χ0n) is 11.9. The molecule has 23 heavy (non-hydrogen) atoms. The van der Waals surface area contributed by atoms with Gasteiger partial charge in [0, 0.05) is 6.20 Å². The molecule has 2 aromatic rings. The van der Waals surface area contributed by atoms with E-state index in [0.29, 0.717) is 0 Å². The molecule has 9 nitrogen and oxygen atoms in total. The van der Waals surface area contributed by atoms with Crippen molar-refractivity contribution < 1.29 is 24.4 Å². The number of fused-ring (bicyclic) bond motifs is 1. The van der Waals surface area contributed by atoms with Crippen LogP contribution in [-0.2, 0) is 4.74 Å². The van der Waals surface area contributed by atoms with Gasteiger partial charge >= 0.3 is 5.69 Å². The van der Waals surface area contributed by atoms with E-state index in [4.69, 9.17) is 9.84 Å². The highest BCUT2D eigenvalue weighted by molar-refractivity contribution is 5.73. The summed E-state index contributed by atoms with van der Waals surface area (Å²) in [7, 11) is 0. The van der Waals surface area contributed by atoms with Gasteiger partial charge in [0.05, 0.1) is 17.6 Å². The summed E-state index contributed by atoms with van der Waals surface area (Å²) in [5.74, 6) is -0.889. The van der Waals surface area contributed by atoms with Crippen molar-refractivity contribution in [1.29, 1.82) is 0 Å². The van der Waals surface area contributed by atoms with Crippen LogP contribution < -0.4 is 11.1 Å². The van der Waals surface area contributed by atoms with Crippen molar-refractivity contribution >= 4 is 11.0 Å². The lowest BCUT2D eigenvalue weighted by Gasteiger charge is -2.17. The number of aliphatic hydroxyl groups is 3. The van der Waals surface area contributed by atoms with Crippen LogP contribution in [0.1, 0.15) is 11.8 Å². The van der Waals surface area contributed by atoms with Crippen molar-refractivity contribution in [3.05, 3.63) is 38.4 Å². The molecule has 10 heteroatoms. The van der Waals surface area contributed by atoms with E-state index in [1.807, 2.05) is 0 Å². The molecule has 0 saturated carbocycles. The summed E-state index contributed by atoms with van der Waals surface area (Å²) in [6.07, 6.45) is -4.22. The lowest BCUT2D eigenvalue weighted by molar-refractivity contribution is -0.0547. The lowest BCUT2D eigenvalue weighted by atomic mass is 10.1. The molecule has 0 radical (unpaired) electrons. The number of ether oxygens (including phenoxy) is 1. The number of pyridine rings is 1. The Bertz CT molecular complexity index is 878. The number of H-pyrrole nitrogens is 1. The van der Waals surface area contributed by atoms with E-state index in [1.54, 1.807) is 0 Å². The first-order chi connectivity index (χ1) is 10.8. The van der Waals surface area contributed by atoms with E-state index < -0.39 is 48.2 Å². The van der Waals surface area contributed by atoms with Crippen molar-refractivity contribution in [1.82, 2.24) is 14.5 Å². The maximum atomic E-state index is 13.5. The molecule has 124 valence electrons. The Hall–Kier alpha value is -2.14. The number of hydrogen-bond acceptors (Lipinski definition) is 7. The van der Waals surface area contributed by atoms with E-state index in [9.17, 15) is 24.2 Å². The van der Waals surface area contributed by atoms with E-state index in [0.717, 1.165) is 10.8 Å². The number of nitrogens with zero attached hydrogens (tertiary/aromatic N) is 2. The Balaban J connectivity index is 2.18. The quantitative estimate of drug-likeness (QED) is 0.475. The molecule has 2 aromatic heterocycles. The molecule has 0 spiro atoms. The summed E-state index contributed by atoms with van der Waals surface area (Å²) in [6, 6.07) is 0. The van der Waals surface area contributed by atoms with Gasteiger partial charge in [0.1, 0.15) is 18.3 Å². The van der Waals surface area contributed by atoms with Crippen LogP contribution in [0.5, 0.6) is 0 Å². The highest BCUT2D eigenvalue weighted by Crippen LogP contribution is 2.28. The fourth-order valence-electron chi connectivity index (χ4n) is 2.52. The summed E-state index contributed by atoms with van der Waals surface area (Å²) in [5, 5.41) is 28.7. The predicted octanol–water partition coefficient (Wildman–Crippen LogP) is -1.86. The average molecular weight is 327 g/mol. The fraction of sp³-hybridized carbons (Fsp3) is 0.462. The van der Waals surface area contributed by atoms with E-state index in [-0.39, 0.29) is 16.6 Å². The summed E-state index contributed by atoms with van der Waals surface area (Å²) in [5.41, 5.74) is -1.98. The Labute approximate surface area is 127 Å². The predicted molar refractivity (Wildman–Crippen MR) is 74.3 cm³/mol. The van der Waals surface area contributed by atoms with Crippen LogP contribution in [0, 0.1) is 12.9 Å². The third kappa shape index (κ3) is 2.36. The van der Waals surface area contributed by atoms with Crippen LogP contribution in [0.3, 0.4) is 0 Å². The SMILES string of the molecule is Cc1c(F)[nH]c2nc(=O)n([C@@H]3O[C@H](CO)C(O)C3O)cc2c1=O. The molecule has 0 bridgehead atoms. The van der Waals surface area contributed by atoms with Gasteiger partial charge in [-0.15, -0.1) is 0 Å². The first-order valence-corrected chi connectivity index (χ1v) is 6.79. The van der Waals surface area contributed by atoms with Gasteiger partial charge in [-0.3, -0.25) is 9.36 Å². The average Bonchev–Trinajstić information content (AvgIpc) is 2.80. The molecule has 1 aliphatic heterocycles. The molecule has 1 saturated heterocycles. The number of halogens is 1. The first-order valence-electron chi connectivity index (χ1n) is 6.79. The minimum atomic E-state index is -1.50. The summed E-state index contributed by atoms with van der Waals surface area (Å²) >= 11 is 0. The highest BCUT2D eigenvalue weighted by Gasteiger charge is 2.43. The second kappa shape index (κ2) is 5.49. The van der Waals surface area contributed by atoms with E-state index >= 15 is 0 Å². The van der Waals surface area contributed by atoms with Gasteiger partial charge in [0.2, 0.25) is 0 Å².